The van der Waals surface area contributed by atoms with Crippen molar-refractivity contribution in [3.8, 4) is 0 Å². The Balaban J connectivity index is 3.88. The number of unbranched alkanes of at least 4 members (excludes halogenated alkanes) is 2. The molecule has 0 spiro atoms. The van der Waals surface area contributed by atoms with Crippen LogP contribution in [0.3, 0.4) is 0 Å². The molecule has 4 nitrogen and oxygen atoms in total. The van der Waals surface area contributed by atoms with Gasteiger partial charge in [-0.3, -0.25) is 9.59 Å². The number of aliphatic carboxylic acids is 1. The Morgan fingerprint density at radius 2 is 1.56 bits per heavy atom. The van der Waals surface area contributed by atoms with Gasteiger partial charge in [0, 0.05) is 12.8 Å². The third kappa shape index (κ3) is 10.1. The third-order valence-electron chi connectivity index (χ3n) is 2.83. The van der Waals surface area contributed by atoms with Crippen LogP contribution in [0.1, 0.15) is 71.6 Å². The first-order valence-corrected chi connectivity index (χ1v) is 7.01. The highest BCUT2D eigenvalue weighted by Crippen LogP contribution is 2.14. The largest absolute Gasteiger partial charge is 0.481 e. The second kappa shape index (κ2) is 11.1. The lowest BCUT2D eigenvalue weighted by molar-refractivity contribution is -0.150. The Morgan fingerprint density at radius 3 is 2.00 bits per heavy atom. The number of hydrogen-bond acceptors (Lipinski definition) is 3. The van der Waals surface area contributed by atoms with Crippen molar-refractivity contribution in [3.63, 3.8) is 0 Å². The van der Waals surface area contributed by atoms with Gasteiger partial charge in [0.05, 0.1) is 0 Å². The molecule has 18 heavy (non-hydrogen) atoms. The zero-order valence-electron chi connectivity index (χ0n) is 11.6. The average Bonchev–Trinajstić information content (AvgIpc) is 2.32. The summed E-state index contributed by atoms with van der Waals surface area (Å²) in [5, 5.41) is 8.49. The highest BCUT2D eigenvalue weighted by atomic mass is 16.5. The highest BCUT2D eigenvalue weighted by Gasteiger charge is 2.13. The van der Waals surface area contributed by atoms with Crippen LogP contribution in [-0.4, -0.2) is 23.1 Å². The lowest BCUT2D eigenvalue weighted by Gasteiger charge is -2.17. The van der Waals surface area contributed by atoms with Gasteiger partial charge in [-0.1, -0.05) is 39.5 Å². The zero-order valence-corrected chi connectivity index (χ0v) is 11.6. The van der Waals surface area contributed by atoms with Crippen LogP contribution in [-0.2, 0) is 14.3 Å². The van der Waals surface area contributed by atoms with Gasteiger partial charge in [-0.15, -0.1) is 0 Å². The number of carbonyl (C=O) groups is 2. The van der Waals surface area contributed by atoms with Gasteiger partial charge in [0.15, 0.2) is 0 Å². The van der Waals surface area contributed by atoms with Gasteiger partial charge in [0.1, 0.15) is 6.10 Å². The van der Waals surface area contributed by atoms with E-state index in [9.17, 15) is 9.59 Å². The van der Waals surface area contributed by atoms with Gasteiger partial charge >= 0.3 is 11.9 Å². The zero-order chi connectivity index (χ0) is 13.8. The van der Waals surface area contributed by atoms with Crippen LogP contribution in [0.15, 0.2) is 0 Å². The van der Waals surface area contributed by atoms with Crippen molar-refractivity contribution in [2.45, 2.75) is 77.7 Å². The first-order chi connectivity index (χ1) is 8.60. The van der Waals surface area contributed by atoms with E-state index in [1.807, 2.05) is 0 Å². The van der Waals surface area contributed by atoms with E-state index < -0.39 is 5.97 Å². The lowest BCUT2D eigenvalue weighted by atomic mass is 10.1. The van der Waals surface area contributed by atoms with Crippen molar-refractivity contribution >= 4 is 11.9 Å². The molecule has 106 valence electrons. The van der Waals surface area contributed by atoms with E-state index in [1.54, 1.807) is 0 Å². The van der Waals surface area contributed by atoms with Crippen molar-refractivity contribution in [1.29, 1.82) is 0 Å². The lowest BCUT2D eigenvalue weighted by Crippen LogP contribution is -2.18. The fraction of sp³-hybridized carbons (Fsp3) is 0.857. The van der Waals surface area contributed by atoms with Crippen LogP contribution in [0.5, 0.6) is 0 Å². The average molecular weight is 258 g/mol. The Morgan fingerprint density at radius 1 is 1.00 bits per heavy atom. The molecule has 0 bridgehead atoms. The van der Waals surface area contributed by atoms with Gasteiger partial charge in [-0.2, -0.15) is 0 Å². The predicted octanol–water partition coefficient (Wildman–Crippen LogP) is 3.53. The molecule has 0 amide bonds. The molecule has 0 aromatic heterocycles. The summed E-state index contributed by atoms with van der Waals surface area (Å²) in [6.45, 7) is 4.23. The maximum atomic E-state index is 11.5. The third-order valence-corrected chi connectivity index (χ3v) is 2.83. The van der Waals surface area contributed by atoms with Crippen LogP contribution in [0.25, 0.3) is 0 Å². The van der Waals surface area contributed by atoms with Crippen LogP contribution >= 0.6 is 0 Å². The van der Waals surface area contributed by atoms with Crippen molar-refractivity contribution in [1.82, 2.24) is 0 Å². The monoisotopic (exact) mass is 258 g/mol. The van der Waals surface area contributed by atoms with E-state index in [4.69, 9.17) is 9.84 Å². The second-order valence-electron chi connectivity index (χ2n) is 4.64. The smallest absolute Gasteiger partial charge is 0.306 e. The van der Waals surface area contributed by atoms with Crippen molar-refractivity contribution < 1.29 is 19.4 Å². The van der Waals surface area contributed by atoms with E-state index in [0.29, 0.717) is 6.42 Å². The molecule has 1 N–H and O–H groups in total. The molecule has 0 unspecified atom stereocenters. The number of esters is 1. The van der Waals surface area contributed by atoms with E-state index in [0.717, 1.165) is 38.5 Å². The number of carboxylic acids is 1. The molecule has 0 atom stereocenters. The predicted molar refractivity (Wildman–Crippen MR) is 70.4 cm³/mol. The Kier molecular flexibility index (Phi) is 10.4. The van der Waals surface area contributed by atoms with Gasteiger partial charge in [-0.05, 0) is 19.3 Å². The molecule has 0 fully saturated rings. The SMILES string of the molecule is CCCCC(CCCC)OC(=O)CCCC(=O)O. The standard InChI is InChI=1S/C14H26O4/c1-3-5-8-12(9-6-4-2)18-14(17)11-7-10-13(15)16/h12H,3-11H2,1-2H3,(H,15,16). The summed E-state index contributed by atoms with van der Waals surface area (Å²) in [6, 6.07) is 0. The molecule has 0 aliphatic heterocycles. The highest BCUT2D eigenvalue weighted by molar-refractivity contribution is 5.71. The number of hydrogen-bond donors (Lipinski definition) is 1. The Bertz CT molecular complexity index is 230. The molecular formula is C14H26O4. The molecule has 0 aliphatic carbocycles. The molecule has 0 aromatic carbocycles. The second-order valence-corrected chi connectivity index (χ2v) is 4.64. The minimum absolute atomic E-state index is 0.0160. The molecule has 0 radical (unpaired) electrons. The molecule has 0 aromatic rings. The van der Waals surface area contributed by atoms with Crippen molar-refractivity contribution in [2.75, 3.05) is 0 Å². The summed E-state index contributed by atoms with van der Waals surface area (Å²) >= 11 is 0. The van der Waals surface area contributed by atoms with Gasteiger partial charge in [0.2, 0.25) is 0 Å². The molecule has 0 heterocycles. The number of carboxylic acid groups (broad SMARTS) is 1. The molecule has 4 heteroatoms. The maximum absolute atomic E-state index is 11.5. The summed E-state index contributed by atoms with van der Waals surface area (Å²) in [4.78, 5) is 21.9. The quantitative estimate of drug-likeness (QED) is 0.576. The maximum Gasteiger partial charge on any atom is 0.306 e. The summed E-state index contributed by atoms with van der Waals surface area (Å²) in [7, 11) is 0. The molecule has 0 rings (SSSR count). The van der Waals surface area contributed by atoms with Gasteiger partial charge < -0.3 is 9.84 Å². The topological polar surface area (TPSA) is 63.6 Å². The Labute approximate surface area is 110 Å². The fourth-order valence-corrected chi connectivity index (χ4v) is 1.75. The first-order valence-electron chi connectivity index (χ1n) is 7.01. The number of ether oxygens (including phenoxy) is 1. The van der Waals surface area contributed by atoms with Gasteiger partial charge in [-0.25, -0.2) is 0 Å². The number of carbonyl (C=O) groups excluding carboxylic acids is 1. The molecule has 0 saturated carbocycles. The first kappa shape index (κ1) is 16.9. The number of rotatable bonds is 11. The summed E-state index contributed by atoms with van der Waals surface area (Å²) in [5.41, 5.74) is 0. The molecular weight excluding hydrogens is 232 g/mol. The van der Waals surface area contributed by atoms with Crippen molar-refractivity contribution in [2.24, 2.45) is 0 Å². The van der Waals surface area contributed by atoms with E-state index in [-0.39, 0.29) is 24.9 Å². The van der Waals surface area contributed by atoms with E-state index in [1.165, 1.54) is 0 Å². The van der Waals surface area contributed by atoms with E-state index >= 15 is 0 Å². The summed E-state index contributed by atoms with van der Waals surface area (Å²) in [5.74, 6) is -1.12. The molecule has 0 saturated heterocycles. The van der Waals surface area contributed by atoms with Crippen LogP contribution < -0.4 is 0 Å². The normalized spacial score (nSPS) is 10.6. The molecule has 0 aliphatic rings. The summed E-state index contributed by atoms with van der Waals surface area (Å²) < 4.78 is 5.40. The van der Waals surface area contributed by atoms with Crippen molar-refractivity contribution in [3.05, 3.63) is 0 Å². The minimum atomic E-state index is -0.865. The van der Waals surface area contributed by atoms with Crippen LogP contribution in [0.2, 0.25) is 0 Å². The summed E-state index contributed by atoms with van der Waals surface area (Å²) in [6.07, 6.45) is 6.78. The Hall–Kier alpha value is -1.06. The van der Waals surface area contributed by atoms with Gasteiger partial charge in [0.25, 0.3) is 0 Å². The van der Waals surface area contributed by atoms with E-state index in [2.05, 4.69) is 13.8 Å². The minimum Gasteiger partial charge on any atom is -0.481 e. The van der Waals surface area contributed by atoms with Crippen LogP contribution in [0, 0.1) is 0 Å². The fourth-order valence-electron chi connectivity index (χ4n) is 1.75. The van der Waals surface area contributed by atoms with Crippen LogP contribution in [0.4, 0.5) is 0 Å².